The van der Waals surface area contributed by atoms with Crippen LogP contribution in [-0.4, -0.2) is 37.9 Å². The highest BCUT2D eigenvalue weighted by Gasteiger charge is 2.36. The SMILES string of the molecule is COCCCS(=O)(=O)N[C@H](c1nccc(C)n1)C1CC1. The van der Waals surface area contributed by atoms with Crippen LogP contribution in [0.15, 0.2) is 12.3 Å². The lowest BCUT2D eigenvalue weighted by molar-refractivity contribution is 0.199. The third-order valence-corrected chi connectivity index (χ3v) is 4.69. The van der Waals surface area contributed by atoms with Gasteiger partial charge in [-0.3, -0.25) is 0 Å². The molecular weight excluding hydrogens is 278 g/mol. The number of sulfonamides is 1. The number of rotatable bonds is 8. The van der Waals surface area contributed by atoms with Gasteiger partial charge in [-0.25, -0.2) is 23.1 Å². The van der Waals surface area contributed by atoms with Crippen LogP contribution in [0.25, 0.3) is 0 Å². The molecule has 1 fully saturated rings. The molecule has 112 valence electrons. The number of aryl methyl sites for hydroxylation is 1. The molecule has 0 aliphatic heterocycles. The van der Waals surface area contributed by atoms with Crippen molar-refractivity contribution in [2.24, 2.45) is 5.92 Å². The lowest BCUT2D eigenvalue weighted by Crippen LogP contribution is -2.33. The number of methoxy groups -OCH3 is 1. The predicted molar refractivity (Wildman–Crippen MR) is 75.6 cm³/mol. The van der Waals surface area contributed by atoms with Crippen molar-refractivity contribution in [2.45, 2.75) is 32.2 Å². The van der Waals surface area contributed by atoms with Crippen LogP contribution in [-0.2, 0) is 14.8 Å². The fraction of sp³-hybridized carbons (Fsp3) is 0.692. The minimum atomic E-state index is -3.33. The zero-order valence-corrected chi connectivity index (χ0v) is 12.7. The molecule has 1 aromatic heterocycles. The highest BCUT2D eigenvalue weighted by Crippen LogP contribution is 2.40. The van der Waals surface area contributed by atoms with Gasteiger partial charge in [-0.05, 0) is 38.2 Å². The minimum absolute atomic E-state index is 0.0654. The predicted octanol–water partition coefficient (Wildman–Crippen LogP) is 1.19. The Morgan fingerprint density at radius 2 is 2.25 bits per heavy atom. The molecule has 0 saturated heterocycles. The molecule has 1 aliphatic rings. The topological polar surface area (TPSA) is 81.2 Å². The standard InChI is InChI=1S/C13H21N3O3S/c1-10-6-7-14-13(15-10)12(11-4-5-11)16-20(17,18)9-3-8-19-2/h6-7,11-12,16H,3-5,8-9H2,1-2H3/t12-/m0/s1. The fourth-order valence-corrected chi connectivity index (χ4v) is 3.35. The average molecular weight is 299 g/mol. The van der Waals surface area contributed by atoms with E-state index in [1.165, 1.54) is 0 Å². The van der Waals surface area contributed by atoms with Crippen molar-refractivity contribution in [3.05, 3.63) is 23.8 Å². The Morgan fingerprint density at radius 3 is 2.85 bits per heavy atom. The van der Waals surface area contributed by atoms with Crippen molar-refractivity contribution in [1.29, 1.82) is 0 Å². The molecule has 1 aromatic rings. The minimum Gasteiger partial charge on any atom is -0.385 e. The molecule has 1 atom stereocenters. The molecule has 2 rings (SSSR count). The van der Waals surface area contributed by atoms with Crippen molar-refractivity contribution in [3.8, 4) is 0 Å². The molecule has 20 heavy (non-hydrogen) atoms. The molecule has 1 heterocycles. The van der Waals surface area contributed by atoms with Gasteiger partial charge in [0.25, 0.3) is 0 Å². The Balaban J connectivity index is 2.06. The summed E-state index contributed by atoms with van der Waals surface area (Å²) in [5.74, 6) is 0.951. The lowest BCUT2D eigenvalue weighted by atomic mass is 10.2. The maximum atomic E-state index is 12.1. The van der Waals surface area contributed by atoms with Crippen LogP contribution < -0.4 is 4.72 Å². The van der Waals surface area contributed by atoms with Crippen LogP contribution in [0.5, 0.6) is 0 Å². The highest BCUT2D eigenvalue weighted by atomic mass is 32.2. The van der Waals surface area contributed by atoms with Crippen molar-refractivity contribution < 1.29 is 13.2 Å². The van der Waals surface area contributed by atoms with Crippen molar-refractivity contribution >= 4 is 10.0 Å². The first kappa shape index (κ1) is 15.3. The molecule has 1 N–H and O–H groups in total. The number of aromatic nitrogens is 2. The highest BCUT2D eigenvalue weighted by molar-refractivity contribution is 7.89. The molecule has 0 radical (unpaired) electrons. The van der Waals surface area contributed by atoms with Crippen LogP contribution in [0.2, 0.25) is 0 Å². The summed E-state index contributed by atoms with van der Waals surface area (Å²) in [7, 11) is -1.77. The molecule has 0 amide bonds. The van der Waals surface area contributed by atoms with Gasteiger partial charge < -0.3 is 4.74 Å². The molecule has 7 heteroatoms. The molecule has 0 spiro atoms. The van der Waals surface area contributed by atoms with Gasteiger partial charge in [0.15, 0.2) is 0 Å². The molecule has 0 bridgehead atoms. The van der Waals surface area contributed by atoms with Crippen molar-refractivity contribution in [3.63, 3.8) is 0 Å². The van der Waals surface area contributed by atoms with Crippen molar-refractivity contribution in [1.82, 2.24) is 14.7 Å². The number of hydrogen-bond donors (Lipinski definition) is 1. The second-order valence-corrected chi connectivity index (χ2v) is 7.03. The zero-order chi connectivity index (χ0) is 14.6. The van der Waals surface area contributed by atoms with Gasteiger partial charge >= 0.3 is 0 Å². The number of ether oxygens (including phenoxy) is 1. The lowest BCUT2D eigenvalue weighted by Gasteiger charge is -2.17. The third-order valence-electron chi connectivity index (χ3n) is 3.25. The molecule has 1 aliphatic carbocycles. The monoisotopic (exact) mass is 299 g/mol. The van der Waals surface area contributed by atoms with Crippen molar-refractivity contribution in [2.75, 3.05) is 19.5 Å². The maximum Gasteiger partial charge on any atom is 0.212 e. The van der Waals surface area contributed by atoms with E-state index in [-0.39, 0.29) is 11.8 Å². The number of hydrogen-bond acceptors (Lipinski definition) is 5. The van der Waals surface area contributed by atoms with Gasteiger partial charge in [0.2, 0.25) is 10.0 Å². The third kappa shape index (κ3) is 4.50. The van der Waals surface area contributed by atoms with Gasteiger partial charge in [0.1, 0.15) is 5.82 Å². The van der Waals surface area contributed by atoms with E-state index in [0.29, 0.717) is 24.8 Å². The Kier molecular flexibility index (Phi) is 5.06. The van der Waals surface area contributed by atoms with E-state index in [9.17, 15) is 8.42 Å². The Bertz CT molecular complexity index is 544. The number of nitrogens with one attached hydrogen (secondary N) is 1. The Labute approximate surface area is 120 Å². The largest absolute Gasteiger partial charge is 0.385 e. The fourth-order valence-electron chi connectivity index (χ4n) is 2.05. The van der Waals surface area contributed by atoms with Crippen LogP contribution >= 0.6 is 0 Å². The maximum absolute atomic E-state index is 12.1. The summed E-state index contributed by atoms with van der Waals surface area (Å²) < 4.78 is 31.8. The molecule has 6 nitrogen and oxygen atoms in total. The van der Waals surface area contributed by atoms with Crippen LogP contribution in [0.4, 0.5) is 0 Å². The van der Waals surface area contributed by atoms with E-state index in [1.807, 2.05) is 6.92 Å². The van der Waals surface area contributed by atoms with Gasteiger partial charge in [0, 0.05) is 25.6 Å². The van der Waals surface area contributed by atoms with Crippen LogP contribution in [0.1, 0.15) is 36.8 Å². The van der Waals surface area contributed by atoms with E-state index in [2.05, 4.69) is 14.7 Å². The normalized spacial score (nSPS) is 17.1. The first-order chi connectivity index (χ1) is 9.52. The Hall–Kier alpha value is -1.05. The second kappa shape index (κ2) is 6.60. The van der Waals surface area contributed by atoms with E-state index in [1.54, 1.807) is 19.4 Å². The summed E-state index contributed by atoms with van der Waals surface area (Å²) in [6.45, 7) is 2.32. The summed E-state index contributed by atoms with van der Waals surface area (Å²) in [6.07, 6.45) is 4.19. The summed E-state index contributed by atoms with van der Waals surface area (Å²) >= 11 is 0. The van der Waals surface area contributed by atoms with Crippen LogP contribution in [0.3, 0.4) is 0 Å². The molecule has 0 aromatic carbocycles. The average Bonchev–Trinajstić information content (AvgIpc) is 3.20. The van der Waals surface area contributed by atoms with Gasteiger partial charge in [-0.2, -0.15) is 0 Å². The van der Waals surface area contributed by atoms with E-state index < -0.39 is 10.0 Å². The van der Waals surface area contributed by atoms with Gasteiger partial charge in [-0.15, -0.1) is 0 Å². The first-order valence-corrected chi connectivity index (χ1v) is 8.45. The molecule has 0 unspecified atom stereocenters. The second-order valence-electron chi connectivity index (χ2n) is 5.15. The van der Waals surface area contributed by atoms with E-state index in [4.69, 9.17) is 4.74 Å². The first-order valence-electron chi connectivity index (χ1n) is 6.80. The summed E-state index contributed by atoms with van der Waals surface area (Å²) in [6, 6.07) is 1.50. The van der Waals surface area contributed by atoms with Gasteiger partial charge in [-0.1, -0.05) is 0 Å². The smallest absolute Gasteiger partial charge is 0.212 e. The van der Waals surface area contributed by atoms with Crippen LogP contribution in [0, 0.1) is 12.8 Å². The summed E-state index contributed by atoms with van der Waals surface area (Å²) in [4.78, 5) is 8.57. The zero-order valence-electron chi connectivity index (χ0n) is 11.9. The molecular formula is C13H21N3O3S. The summed E-state index contributed by atoms with van der Waals surface area (Å²) in [5.41, 5.74) is 0.847. The quantitative estimate of drug-likeness (QED) is 0.729. The number of nitrogens with zero attached hydrogens (tertiary/aromatic N) is 2. The Morgan fingerprint density at radius 1 is 1.50 bits per heavy atom. The molecule has 1 saturated carbocycles. The van der Waals surface area contributed by atoms with Gasteiger partial charge in [0.05, 0.1) is 11.8 Å². The summed E-state index contributed by atoms with van der Waals surface area (Å²) in [5, 5.41) is 0. The van der Waals surface area contributed by atoms with E-state index in [0.717, 1.165) is 18.5 Å². The van der Waals surface area contributed by atoms with E-state index >= 15 is 0 Å².